The van der Waals surface area contributed by atoms with Crippen molar-refractivity contribution in [3.63, 3.8) is 0 Å². The van der Waals surface area contributed by atoms with E-state index in [0.717, 1.165) is 21.0 Å². The summed E-state index contributed by atoms with van der Waals surface area (Å²) in [5, 5.41) is 14.3. The molecule has 0 unspecified atom stereocenters. The average molecular weight is 427 g/mol. The van der Waals surface area contributed by atoms with Crippen LogP contribution in [0.2, 0.25) is 10.0 Å². The van der Waals surface area contributed by atoms with E-state index in [4.69, 9.17) is 34.2 Å². The highest BCUT2D eigenvalue weighted by atomic mass is 35.5. The molecule has 3 rings (SSSR count). The van der Waals surface area contributed by atoms with Gasteiger partial charge in [0, 0.05) is 23.4 Å². The van der Waals surface area contributed by atoms with Gasteiger partial charge >= 0.3 is 0 Å². The smallest absolute Gasteiger partial charge is 0.111 e. The summed E-state index contributed by atoms with van der Waals surface area (Å²) in [7, 11) is 0. The zero-order valence-corrected chi connectivity index (χ0v) is 17.4. The van der Waals surface area contributed by atoms with Gasteiger partial charge in [-0.15, -0.1) is 11.3 Å². The summed E-state index contributed by atoms with van der Waals surface area (Å²) >= 11 is 14.0. The fourth-order valence-corrected chi connectivity index (χ4v) is 4.18. The molecule has 2 N–H and O–H groups in total. The third-order valence-corrected chi connectivity index (χ3v) is 5.52. The first kappa shape index (κ1) is 20.0. The van der Waals surface area contributed by atoms with E-state index in [1.165, 1.54) is 0 Å². The van der Waals surface area contributed by atoms with E-state index in [-0.39, 0.29) is 0 Å². The molecule has 1 aromatic carbocycles. The molecule has 0 spiro atoms. The number of thiophene rings is 1. The molecule has 28 heavy (non-hydrogen) atoms. The lowest BCUT2D eigenvalue weighted by atomic mass is 10.1. The van der Waals surface area contributed by atoms with Gasteiger partial charge in [-0.05, 0) is 37.3 Å². The number of nitrogens with zero attached hydrogens (tertiary/aromatic N) is 3. The second kappa shape index (κ2) is 8.54. The Hall–Kier alpha value is -2.70. The van der Waals surface area contributed by atoms with E-state index in [0.29, 0.717) is 40.0 Å². The number of rotatable bonds is 4. The molecule has 0 atom stereocenters. The van der Waals surface area contributed by atoms with Crippen LogP contribution >= 0.6 is 34.5 Å². The van der Waals surface area contributed by atoms with E-state index >= 15 is 0 Å². The Morgan fingerprint density at radius 3 is 2.75 bits per heavy atom. The molecule has 0 aliphatic rings. The molecule has 0 bridgehead atoms. The van der Waals surface area contributed by atoms with Crippen LogP contribution in [0.3, 0.4) is 0 Å². The lowest BCUT2D eigenvalue weighted by Gasteiger charge is -2.09. The minimum atomic E-state index is 0.385. The third-order valence-electron chi connectivity index (χ3n) is 3.98. The molecule has 2 heterocycles. The number of nitrogens with two attached hydrogens (primary N) is 1. The first-order chi connectivity index (χ1) is 13.4. The highest BCUT2D eigenvalue weighted by Gasteiger charge is 2.21. The quantitative estimate of drug-likeness (QED) is 0.423. The first-order valence-electron chi connectivity index (χ1n) is 8.38. The van der Waals surface area contributed by atoms with Crippen molar-refractivity contribution in [1.29, 1.82) is 5.26 Å². The number of nitriles is 1. The van der Waals surface area contributed by atoms with Crippen molar-refractivity contribution in [2.24, 2.45) is 5.73 Å². The maximum atomic E-state index is 8.61. The van der Waals surface area contributed by atoms with Crippen LogP contribution in [0.1, 0.15) is 29.0 Å². The van der Waals surface area contributed by atoms with Crippen LogP contribution < -0.4 is 5.73 Å². The summed E-state index contributed by atoms with van der Waals surface area (Å²) in [4.78, 5) is 1.89. The van der Waals surface area contributed by atoms with Crippen molar-refractivity contribution < 1.29 is 0 Å². The summed E-state index contributed by atoms with van der Waals surface area (Å²) in [5.74, 6) is 6.11. The molecule has 0 fully saturated rings. The number of aromatic nitrogens is 2. The largest absolute Gasteiger partial charge is 0.397 e. The minimum Gasteiger partial charge on any atom is -0.397 e. The summed E-state index contributed by atoms with van der Waals surface area (Å²) in [6.07, 6.45) is 0.979. The van der Waals surface area contributed by atoms with Gasteiger partial charge in [0.25, 0.3) is 0 Å². The van der Waals surface area contributed by atoms with Gasteiger partial charge in [-0.3, -0.25) is 0 Å². The highest BCUT2D eigenvalue weighted by Crippen LogP contribution is 2.36. The highest BCUT2D eigenvalue weighted by molar-refractivity contribution is 7.16. The molecule has 0 saturated carbocycles. The minimum absolute atomic E-state index is 0.385. The summed E-state index contributed by atoms with van der Waals surface area (Å²) in [6, 6.07) is 11.3. The van der Waals surface area contributed by atoms with Gasteiger partial charge in [0.05, 0.1) is 37.9 Å². The van der Waals surface area contributed by atoms with E-state index in [9.17, 15) is 0 Å². The van der Waals surface area contributed by atoms with Crippen LogP contribution in [0.25, 0.3) is 22.0 Å². The second-order valence-electron chi connectivity index (χ2n) is 5.98. The fourth-order valence-electron chi connectivity index (χ4n) is 2.72. The van der Waals surface area contributed by atoms with E-state index < -0.39 is 0 Å². The normalized spacial score (nSPS) is 10.2. The van der Waals surface area contributed by atoms with Crippen LogP contribution in [0.15, 0.2) is 36.9 Å². The van der Waals surface area contributed by atoms with Crippen molar-refractivity contribution in [3.05, 3.63) is 63.1 Å². The van der Waals surface area contributed by atoms with Gasteiger partial charge in [-0.2, -0.15) is 10.4 Å². The molecular weight excluding hydrogens is 411 g/mol. The molecule has 0 amide bonds. The Balaban J connectivity index is 2.12. The van der Waals surface area contributed by atoms with Gasteiger partial charge in [-0.25, -0.2) is 4.68 Å². The topological polar surface area (TPSA) is 67.6 Å². The number of halogens is 2. The average Bonchev–Trinajstić information content (AvgIpc) is 3.23. The van der Waals surface area contributed by atoms with E-state index in [1.807, 2.05) is 25.1 Å². The molecule has 140 valence electrons. The van der Waals surface area contributed by atoms with Crippen molar-refractivity contribution in [1.82, 2.24) is 9.78 Å². The van der Waals surface area contributed by atoms with Gasteiger partial charge in [0.1, 0.15) is 5.69 Å². The summed E-state index contributed by atoms with van der Waals surface area (Å²) in [6.45, 7) is 5.78. The Kier molecular flexibility index (Phi) is 6.11. The van der Waals surface area contributed by atoms with Gasteiger partial charge in [-0.1, -0.05) is 41.6 Å². The first-order valence-corrected chi connectivity index (χ1v) is 9.95. The van der Waals surface area contributed by atoms with E-state index in [2.05, 4.69) is 29.6 Å². The molecule has 2 aromatic heterocycles. The van der Waals surface area contributed by atoms with Crippen LogP contribution in [0, 0.1) is 30.1 Å². The van der Waals surface area contributed by atoms with Crippen molar-refractivity contribution in [2.45, 2.75) is 19.8 Å². The molecular formula is C21H16Cl2N4S. The number of benzene rings is 1. The maximum Gasteiger partial charge on any atom is 0.111 e. The molecule has 0 radical (unpaired) electrons. The number of unbranched alkanes of at least 4 members (excludes halogenated alkanes) is 1. The van der Waals surface area contributed by atoms with Crippen LogP contribution in [-0.4, -0.2) is 9.78 Å². The number of hydrogen-bond acceptors (Lipinski definition) is 4. The lowest BCUT2D eigenvalue weighted by Crippen LogP contribution is -2.01. The molecule has 0 aliphatic heterocycles. The van der Waals surface area contributed by atoms with Gasteiger partial charge in [0.15, 0.2) is 0 Å². The standard InChI is InChI=1S/C21H16Cl2N4S/c1-13-20(14(2)25)26-27(18-9-7-15(22)12-17(18)23)21(13)19-10-8-16(28-19)6-4-3-5-11-24/h7-10,12H,2-3,5,25H2,1H3. The molecule has 7 heteroatoms. The third kappa shape index (κ3) is 4.08. The summed E-state index contributed by atoms with van der Waals surface area (Å²) < 4.78 is 1.76. The predicted molar refractivity (Wildman–Crippen MR) is 117 cm³/mol. The zero-order chi connectivity index (χ0) is 20.3. The molecule has 0 saturated heterocycles. The molecule has 0 aliphatic carbocycles. The second-order valence-corrected chi connectivity index (χ2v) is 7.91. The Morgan fingerprint density at radius 2 is 2.07 bits per heavy atom. The van der Waals surface area contributed by atoms with Gasteiger partial charge in [0.2, 0.25) is 0 Å². The Morgan fingerprint density at radius 1 is 1.29 bits per heavy atom. The van der Waals surface area contributed by atoms with Gasteiger partial charge < -0.3 is 5.73 Å². The van der Waals surface area contributed by atoms with Crippen molar-refractivity contribution >= 4 is 40.2 Å². The zero-order valence-electron chi connectivity index (χ0n) is 15.1. The SMILES string of the molecule is C=C(N)c1nn(-c2ccc(Cl)cc2Cl)c(-c2ccc(C#CCCC#N)s2)c1C. The maximum absolute atomic E-state index is 8.61. The van der Waals surface area contributed by atoms with Crippen molar-refractivity contribution in [2.75, 3.05) is 0 Å². The molecule has 4 nitrogen and oxygen atoms in total. The van der Waals surface area contributed by atoms with Crippen molar-refractivity contribution in [3.8, 4) is 34.2 Å². The fraction of sp³-hybridized carbons (Fsp3) is 0.143. The monoisotopic (exact) mass is 426 g/mol. The van der Waals surface area contributed by atoms with E-state index in [1.54, 1.807) is 28.2 Å². The summed E-state index contributed by atoms with van der Waals surface area (Å²) in [5.41, 5.74) is 9.43. The molecule has 3 aromatic rings. The lowest BCUT2D eigenvalue weighted by molar-refractivity contribution is 0.881. The predicted octanol–water partition coefficient (Wildman–Crippen LogP) is 5.80. The Labute approximate surface area is 177 Å². The Bertz CT molecular complexity index is 1160. The van der Waals surface area contributed by atoms with Crippen LogP contribution in [0.4, 0.5) is 0 Å². The van der Waals surface area contributed by atoms with Crippen LogP contribution in [-0.2, 0) is 0 Å². The number of hydrogen-bond donors (Lipinski definition) is 1. The van der Waals surface area contributed by atoms with Crippen LogP contribution in [0.5, 0.6) is 0 Å².